The molecule has 0 atom stereocenters. The van der Waals surface area contributed by atoms with E-state index >= 15 is 0 Å². The molecule has 0 aromatic heterocycles. The van der Waals surface area contributed by atoms with Gasteiger partial charge in [-0.3, -0.25) is 4.79 Å². The molecule has 1 saturated heterocycles. The highest BCUT2D eigenvalue weighted by atomic mass is 32.2. The van der Waals surface area contributed by atoms with Crippen molar-refractivity contribution >= 4 is 45.4 Å². The lowest BCUT2D eigenvalue weighted by atomic mass is 10.1. The van der Waals surface area contributed by atoms with E-state index in [-0.39, 0.29) is 11.7 Å². The Morgan fingerprint density at radius 3 is 2.78 bits per heavy atom. The standard InChI is InChI=1S/C21H16N2O3S/c1-26-18-11-13(9-10-17(18)24)12-19-20(25)23-21(27-19)22-16-8-4-6-14-5-2-3-7-15(14)16/h2-12,24H,1H3,(H,22,23,25)/b19-12-. The quantitative estimate of drug-likeness (QED) is 0.663. The maximum absolute atomic E-state index is 12.3. The third kappa shape index (κ3) is 3.52. The summed E-state index contributed by atoms with van der Waals surface area (Å²) < 4.78 is 5.11. The van der Waals surface area contributed by atoms with Crippen LogP contribution in [0.5, 0.6) is 11.5 Å². The van der Waals surface area contributed by atoms with Gasteiger partial charge in [0.2, 0.25) is 0 Å². The number of hydrogen-bond donors (Lipinski definition) is 2. The highest BCUT2D eigenvalue weighted by molar-refractivity contribution is 8.18. The predicted octanol–water partition coefficient (Wildman–Crippen LogP) is 4.45. The van der Waals surface area contributed by atoms with Crippen LogP contribution in [0.3, 0.4) is 0 Å². The maximum atomic E-state index is 12.3. The molecular formula is C21H16N2O3S. The summed E-state index contributed by atoms with van der Waals surface area (Å²) in [7, 11) is 1.48. The van der Waals surface area contributed by atoms with Crippen molar-refractivity contribution in [1.82, 2.24) is 5.32 Å². The van der Waals surface area contributed by atoms with E-state index in [1.807, 2.05) is 42.5 Å². The fourth-order valence-corrected chi connectivity index (χ4v) is 3.67. The zero-order valence-electron chi connectivity index (χ0n) is 14.5. The maximum Gasteiger partial charge on any atom is 0.264 e. The largest absolute Gasteiger partial charge is 0.504 e. The van der Waals surface area contributed by atoms with Crippen molar-refractivity contribution in [3.8, 4) is 11.5 Å². The van der Waals surface area contributed by atoms with Gasteiger partial charge in [-0.15, -0.1) is 0 Å². The van der Waals surface area contributed by atoms with Crippen molar-refractivity contribution in [2.45, 2.75) is 0 Å². The molecule has 0 spiro atoms. The number of ether oxygens (including phenoxy) is 1. The molecule has 27 heavy (non-hydrogen) atoms. The number of aliphatic imine (C=N–C) groups is 1. The van der Waals surface area contributed by atoms with Gasteiger partial charge in [-0.1, -0.05) is 42.5 Å². The van der Waals surface area contributed by atoms with Crippen LogP contribution < -0.4 is 10.1 Å². The van der Waals surface area contributed by atoms with Crippen molar-refractivity contribution in [2.24, 2.45) is 4.99 Å². The van der Waals surface area contributed by atoms with E-state index < -0.39 is 0 Å². The Kier molecular flexibility index (Phi) is 4.56. The molecule has 3 aromatic rings. The van der Waals surface area contributed by atoms with E-state index in [4.69, 9.17) is 4.74 Å². The number of hydrogen-bond acceptors (Lipinski definition) is 5. The van der Waals surface area contributed by atoms with Gasteiger partial charge in [-0.25, -0.2) is 4.99 Å². The summed E-state index contributed by atoms with van der Waals surface area (Å²) in [4.78, 5) is 17.5. The molecule has 0 unspecified atom stereocenters. The highest BCUT2D eigenvalue weighted by Crippen LogP contribution is 2.33. The Labute approximate surface area is 160 Å². The molecule has 2 N–H and O–H groups in total. The van der Waals surface area contributed by atoms with Gasteiger partial charge in [0.1, 0.15) is 0 Å². The van der Waals surface area contributed by atoms with Crippen LogP contribution in [0.25, 0.3) is 16.8 Å². The predicted molar refractivity (Wildman–Crippen MR) is 109 cm³/mol. The number of benzene rings is 3. The molecule has 5 nitrogen and oxygen atoms in total. The lowest BCUT2D eigenvalue weighted by Crippen LogP contribution is -2.19. The van der Waals surface area contributed by atoms with E-state index in [1.165, 1.54) is 24.9 Å². The number of thioether (sulfide) groups is 1. The number of phenolic OH excluding ortho intramolecular Hbond substituents is 1. The molecule has 1 fully saturated rings. The van der Waals surface area contributed by atoms with E-state index in [0.717, 1.165) is 22.0 Å². The molecule has 0 bridgehead atoms. The number of carbonyl (C=O) groups is 1. The van der Waals surface area contributed by atoms with Crippen molar-refractivity contribution < 1.29 is 14.6 Å². The first-order chi connectivity index (χ1) is 13.1. The number of fused-ring (bicyclic) bond motifs is 1. The molecule has 3 aromatic carbocycles. The smallest absolute Gasteiger partial charge is 0.264 e. The second kappa shape index (κ2) is 7.17. The first-order valence-electron chi connectivity index (χ1n) is 8.28. The molecule has 0 aliphatic carbocycles. The average molecular weight is 376 g/mol. The number of nitrogens with one attached hydrogen (secondary N) is 1. The normalized spacial score (nSPS) is 16.9. The van der Waals surface area contributed by atoms with Gasteiger partial charge >= 0.3 is 0 Å². The molecule has 0 saturated carbocycles. The summed E-state index contributed by atoms with van der Waals surface area (Å²) in [6.07, 6.45) is 1.74. The number of methoxy groups -OCH3 is 1. The third-order valence-electron chi connectivity index (χ3n) is 4.14. The van der Waals surface area contributed by atoms with Crippen LogP contribution in [0.4, 0.5) is 5.69 Å². The first-order valence-corrected chi connectivity index (χ1v) is 9.10. The van der Waals surface area contributed by atoms with E-state index in [9.17, 15) is 9.90 Å². The zero-order valence-corrected chi connectivity index (χ0v) is 15.3. The number of carbonyl (C=O) groups excluding carboxylic acids is 1. The number of rotatable bonds is 3. The monoisotopic (exact) mass is 376 g/mol. The van der Waals surface area contributed by atoms with Gasteiger partial charge in [-0.2, -0.15) is 0 Å². The SMILES string of the molecule is COc1cc(/C=C2\SC(=Nc3cccc4ccccc34)NC2=O)ccc1O. The Bertz CT molecular complexity index is 1100. The third-order valence-corrected chi connectivity index (χ3v) is 5.05. The molecule has 134 valence electrons. The Morgan fingerprint density at radius 2 is 1.93 bits per heavy atom. The molecule has 4 rings (SSSR count). The number of aromatic hydroxyl groups is 1. The van der Waals surface area contributed by atoms with Gasteiger partial charge in [0.05, 0.1) is 17.7 Å². The molecule has 6 heteroatoms. The summed E-state index contributed by atoms with van der Waals surface area (Å²) in [6, 6.07) is 18.8. The summed E-state index contributed by atoms with van der Waals surface area (Å²) in [5, 5.41) is 15.2. The van der Waals surface area contributed by atoms with Crippen molar-refractivity contribution in [3.05, 3.63) is 71.1 Å². The van der Waals surface area contributed by atoms with E-state index in [0.29, 0.717) is 15.8 Å². The lowest BCUT2D eigenvalue weighted by Gasteiger charge is -2.04. The Balaban J connectivity index is 1.65. The number of phenols is 1. The summed E-state index contributed by atoms with van der Waals surface area (Å²) in [5.41, 5.74) is 1.57. The zero-order chi connectivity index (χ0) is 18.8. The molecule has 1 heterocycles. The highest BCUT2D eigenvalue weighted by Gasteiger charge is 2.24. The van der Waals surface area contributed by atoms with Crippen LogP contribution in [0, 0.1) is 0 Å². The van der Waals surface area contributed by atoms with Crippen molar-refractivity contribution in [1.29, 1.82) is 0 Å². The van der Waals surface area contributed by atoms with Gasteiger partial charge in [0.15, 0.2) is 16.7 Å². The van der Waals surface area contributed by atoms with Crippen LogP contribution >= 0.6 is 11.8 Å². The average Bonchev–Trinajstić information content (AvgIpc) is 3.02. The minimum Gasteiger partial charge on any atom is -0.504 e. The first kappa shape index (κ1) is 17.2. The van der Waals surface area contributed by atoms with Crippen LogP contribution in [0.1, 0.15) is 5.56 Å². The van der Waals surface area contributed by atoms with Gasteiger partial charge in [-0.05, 0) is 47.0 Å². The van der Waals surface area contributed by atoms with Gasteiger partial charge in [0, 0.05) is 5.39 Å². The van der Waals surface area contributed by atoms with Crippen LogP contribution in [0.15, 0.2) is 70.6 Å². The fraction of sp³-hybridized carbons (Fsp3) is 0.0476. The number of nitrogens with zero attached hydrogens (tertiary/aromatic N) is 1. The van der Waals surface area contributed by atoms with Crippen LogP contribution in [0.2, 0.25) is 0 Å². The second-order valence-corrected chi connectivity index (χ2v) is 6.94. The Morgan fingerprint density at radius 1 is 1.11 bits per heavy atom. The van der Waals surface area contributed by atoms with Crippen molar-refractivity contribution in [3.63, 3.8) is 0 Å². The number of amidine groups is 1. The van der Waals surface area contributed by atoms with Gasteiger partial charge in [0.25, 0.3) is 5.91 Å². The summed E-state index contributed by atoms with van der Waals surface area (Å²) in [5.74, 6) is 0.213. The minimum absolute atomic E-state index is 0.0568. The molecular weight excluding hydrogens is 360 g/mol. The summed E-state index contributed by atoms with van der Waals surface area (Å²) >= 11 is 1.28. The summed E-state index contributed by atoms with van der Waals surface area (Å²) in [6.45, 7) is 0. The van der Waals surface area contributed by atoms with Crippen LogP contribution in [-0.4, -0.2) is 23.3 Å². The van der Waals surface area contributed by atoms with Crippen LogP contribution in [-0.2, 0) is 4.79 Å². The Hall–Kier alpha value is -3.25. The fourth-order valence-electron chi connectivity index (χ4n) is 2.83. The number of amides is 1. The van der Waals surface area contributed by atoms with Crippen molar-refractivity contribution in [2.75, 3.05) is 7.11 Å². The lowest BCUT2D eigenvalue weighted by molar-refractivity contribution is -0.115. The molecule has 0 radical (unpaired) electrons. The molecule has 1 amide bonds. The minimum atomic E-state index is -0.203. The second-order valence-electron chi connectivity index (χ2n) is 5.91. The topological polar surface area (TPSA) is 70.9 Å². The van der Waals surface area contributed by atoms with E-state index in [2.05, 4.69) is 10.3 Å². The van der Waals surface area contributed by atoms with E-state index in [1.54, 1.807) is 18.2 Å². The molecule has 1 aliphatic rings. The van der Waals surface area contributed by atoms with Gasteiger partial charge < -0.3 is 15.2 Å². The molecule has 1 aliphatic heterocycles.